The molecule has 0 saturated heterocycles. The third-order valence-corrected chi connectivity index (χ3v) is 5.26. The van der Waals surface area contributed by atoms with E-state index in [4.69, 9.17) is 11.6 Å². The summed E-state index contributed by atoms with van der Waals surface area (Å²) in [6, 6.07) is 19.6. The summed E-state index contributed by atoms with van der Waals surface area (Å²) in [7, 11) is 0. The van der Waals surface area contributed by atoms with Gasteiger partial charge in [-0.1, -0.05) is 60.1 Å². The highest BCUT2D eigenvalue weighted by Crippen LogP contribution is 2.24. The number of benzene rings is 3. The summed E-state index contributed by atoms with van der Waals surface area (Å²) >= 11 is 6.05. The minimum Gasteiger partial charge on any atom is -0.346 e. The fourth-order valence-electron chi connectivity index (χ4n) is 3.16. The number of carbonyl (C=O) groups is 2. The van der Waals surface area contributed by atoms with Crippen molar-refractivity contribution in [2.75, 3.05) is 18.4 Å². The van der Waals surface area contributed by atoms with Crippen molar-refractivity contribution < 1.29 is 9.59 Å². The van der Waals surface area contributed by atoms with Crippen molar-refractivity contribution in [2.45, 2.75) is 19.9 Å². The van der Waals surface area contributed by atoms with Crippen LogP contribution in [0.2, 0.25) is 5.02 Å². The largest absolute Gasteiger partial charge is 0.346 e. The molecule has 3 aromatic carbocycles. The number of hydrogen-bond acceptors (Lipinski definition) is 3. The van der Waals surface area contributed by atoms with Crippen LogP contribution in [-0.4, -0.2) is 24.9 Å². The smallest absolute Gasteiger partial charge is 0.243 e. The zero-order valence-corrected chi connectivity index (χ0v) is 17.2. The average molecular weight is 410 g/mol. The van der Waals surface area contributed by atoms with Crippen molar-refractivity contribution in [2.24, 2.45) is 0 Å². The Morgan fingerprint density at radius 3 is 2.48 bits per heavy atom. The summed E-state index contributed by atoms with van der Waals surface area (Å²) < 4.78 is 0. The van der Waals surface area contributed by atoms with Crippen molar-refractivity contribution in [3.05, 3.63) is 76.8 Å². The molecule has 5 nitrogen and oxygen atoms in total. The number of amides is 2. The molecule has 3 aromatic rings. The molecule has 0 aliphatic heterocycles. The van der Waals surface area contributed by atoms with E-state index < -0.39 is 0 Å². The molecule has 0 fully saturated rings. The van der Waals surface area contributed by atoms with Gasteiger partial charge in [0.1, 0.15) is 0 Å². The van der Waals surface area contributed by atoms with Gasteiger partial charge in [-0.3, -0.25) is 9.59 Å². The van der Waals surface area contributed by atoms with E-state index in [0.717, 1.165) is 21.9 Å². The molecular formula is C23H24ClN3O2. The molecule has 0 bridgehead atoms. The van der Waals surface area contributed by atoms with Crippen LogP contribution in [0, 0.1) is 6.92 Å². The van der Waals surface area contributed by atoms with Gasteiger partial charge in [0.05, 0.1) is 13.1 Å². The van der Waals surface area contributed by atoms with Crippen LogP contribution in [-0.2, 0) is 9.59 Å². The van der Waals surface area contributed by atoms with Gasteiger partial charge in [-0.15, -0.1) is 0 Å². The standard InChI is InChI=1S/C23H24ClN3O2/c1-15-20(24)11-6-12-21(15)27-23(29)14-26-22(28)13-25-16(2)18-10-5-8-17-7-3-4-9-19(17)18/h3-12,16,25H,13-14H2,1-2H3,(H,26,28)(H,27,29)/t16-/m1/s1. The maximum Gasteiger partial charge on any atom is 0.243 e. The minimum absolute atomic E-state index is 0.00483. The Labute approximate surface area is 175 Å². The van der Waals surface area contributed by atoms with Crippen molar-refractivity contribution in [1.82, 2.24) is 10.6 Å². The molecule has 0 aliphatic rings. The highest BCUT2D eigenvalue weighted by atomic mass is 35.5. The first-order chi connectivity index (χ1) is 14.0. The lowest BCUT2D eigenvalue weighted by molar-refractivity contribution is -0.123. The number of carbonyl (C=O) groups excluding carboxylic acids is 2. The van der Waals surface area contributed by atoms with Crippen LogP contribution < -0.4 is 16.0 Å². The second-order valence-electron chi connectivity index (χ2n) is 6.91. The zero-order chi connectivity index (χ0) is 20.8. The molecule has 0 saturated carbocycles. The lowest BCUT2D eigenvalue weighted by atomic mass is 10.00. The summed E-state index contributed by atoms with van der Waals surface area (Å²) in [4.78, 5) is 24.2. The molecule has 2 amide bonds. The Hall–Kier alpha value is -2.89. The van der Waals surface area contributed by atoms with Gasteiger partial charge >= 0.3 is 0 Å². The van der Waals surface area contributed by atoms with Gasteiger partial charge in [-0.2, -0.15) is 0 Å². The lowest BCUT2D eigenvalue weighted by Crippen LogP contribution is -2.39. The zero-order valence-electron chi connectivity index (χ0n) is 16.5. The third kappa shape index (κ3) is 5.34. The number of anilines is 1. The number of rotatable bonds is 7. The first kappa shape index (κ1) is 20.8. The molecule has 0 aliphatic carbocycles. The van der Waals surface area contributed by atoms with Crippen LogP contribution in [0.15, 0.2) is 60.7 Å². The van der Waals surface area contributed by atoms with E-state index in [2.05, 4.69) is 40.2 Å². The van der Waals surface area contributed by atoms with E-state index in [1.54, 1.807) is 18.2 Å². The maximum absolute atomic E-state index is 12.1. The van der Waals surface area contributed by atoms with Crippen molar-refractivity contribution in [3.8, 4) is 0 Å². The summed E-state index contributed by atoms with van der Waals surface area (Å²) in [5, 5.41) is 11.5. The Balaban J connectivity index is 1.49. The highest BCUT2D eigenvalue weighted by Gasteiger charge is 2.12. The van der Waals surface area contributed by atoms with E-state index in [0.29, 0.717) is 10.7 Å². The van der Waals surface area contributed by atoms with Crippen LogP contribution in [0.1, 0.15) is 24.1 Å². The van der Waals surface area contributed by atoms with Crippen molar-refractivity contribution in [1.29, 1.82) is 0 Å². The molecule has 0 radical (unpaired) electrons. The van der Waals surface area contributed by atoms with Crippen LogP contribution >= 0.6 is 11.6 Å². The molecular weight excluding hydrogens is 386 g/mol. The molecule has 0 unspecified atom stereocenters. The molecule has 1 atom stereocenters. The fourth-order valence-corrected chi connectivity index (χ4v) is 3.34. The Bertz CT molecular complexity index is 1030. The van der Waals surface area contributed by atoms with E-state index in [1.807, 2.05) is 32.0 Å². The van der Waals surface area contributed by atoms with E-state index in [9.17, 15) is 9.59 Å². The Morgan fingerprint density at radius 2 is 1.66 bits per heavy atom. The van der Waals surface area contributed by atoms with Crippen LogP contribution in [0.3, 0.4) is 0 Å². The first-order valence-corrected chi connectivity index (χ1v) is 9.86. The van der Waals surface area contributed by atoms with Crippen LogP contribution in [0.5, 0.6) is 0 Å². The first-order valence-electron chi connectivity index (χ1n) is 9.48. The third-order valence-electron chi connectivity index (χ3n) is 4.85. The summed E-state index contributed by atoms with van der Waals surface area (Å²) in [5.41, 5.74) is 2.56. The molecule has 150 valence electrons. The second-order valence-corrected chi connectivity index (χ2v) is 7.32. The van der Waals surface area contributed by atoms with Crippen molar-refractivity contribution in [3.63, 3.8) is 0 Å². The second kappa shape index (κ2) is 9.54. The van der Waals surface area contributed by atoms with Crippen LogP contribution in [0.25, 0.3) is 10.8 Å². The number of fused-ring (bicyclic) bond motifs is 1. The predicted molar refractivity (Wildman–Crippen MR) is 118 cm³/mol. The topological polar surface area (TPSA) is 70.2 Å². The summed E-state index contributed by atoms with van der Waals surface area (Å²) in [5.74, 6) is -0.541. The lowest BCUT2D eigenvalue weighted by Gasteiger charge is -2.16. The normalized spacial score (nSPS) is 11.8. The van der Waals surface area contributed by atoms with Crippen LogP contribution in [0.4, 0.5) is 5.69 Å². The predicted octanol–water partition coefficient (Wildman–Crippen LogP) is 4.21. The molecule has 6 heteroatoms. The number of halogens is 1. The highest BCUT2D eigenvalue weighted by molar-refractivity contribution is 6.31. The van der Waals surface area contributed by atoms with E-state index >= 15 is 0 Å². The van der Waals surface area contributed by atoms with Gasteiger partial charge in [0.25, 0.3) is 0 Å². The molecule has 3 rings (SSSR count). The summed E-state index contributed by atoms with van der Waals surface area (Å²) in [6.45, 7) is 3.86. The molecule has 29 heavy (non-hydrogen) atoms. The van der Waals surface area contributed by atoms with Gasteiger partial charge < -0.3 is 16.0 Å². The van der Waals surface area contributed by atoms with E-state index in [-0.39, 0.29) is 30.9 Å². The Kier molecular flexibility index (Phi) is 6.86. The molecule has 0 spiro atoms. The van der Waals surface area contributed by atoms with Gasteiger partial charge in [0, 0.05) is 16.8 Å². The van der Waals surface area contributed by atoms with Gasteiger partial charge in [-0.25, -0.2) is 0 Å². The maximum atomic E-state index is 12.1. The minimum atomic E-state index is -0.300. The monoisotopic (exact) mass is 409 g/mol. The van der Waals surface area contributed by atoms with Gasteiger partial charge in [0.2, 0.25) is 11.8 Å². The SMILES string of the molecule is Cc1c(Cl)cccc1NC(=O)CNC(=O)CN[C@H](C)c1cccc2ccccc12. The number of hydrogen-bond donors (Lipinski definition) is 3. The quantitative estimate of drug-likeness (QED) is 0.547. The summed E-state index contributed by atoms with van der Waals surface area (Å²) in [6.07, 6.45) is 0. The molecule has 0 aromatic heterocycles. The van der Waals surface area contributed by atoms with Gasteiger partial charge in [-0.05, 0) is 47.9 Å². The number of nitrogens with one attached hydrogen (secondary N) is 3. The molecule has 3 N–H and O–H groups in total. The molecule has 0 heterocycles. The van der Waals surface area contributed by atoms with Crippen molar-refractivity contribution >= 4 is 39.9 Å². The van der Waals surface area contributed by atoms with Gasteiger partial charge in [0.15, 0.2) is 0 Å². The Morgan fingerprint density at radius 1 is 0.931 bits per heavy atom. The fraction of sp³-hybridized carbons (Fsp3) is 0.217. The van der Waals surface area contributed by atoms with E-state index in [1.165, 1.54) is 0 Å². The average Bonchev–Trinajstić information content (AvgIpc) is 2.73.